The van der Waals surface area contributed by atoms with Crippen LogP contribution in [0.3, 0.4) is 0 Å². The fourth-order valence-corrected chi connectivity index (χ4v) is 3.60. The van der Waals surface area contributed by atoms with Crippen LogP contribution in [0.15, 0.2) is 11.6 Å². The van der Waals surface area contributed by atoms with Crippen LogP contribution in [0.4, 0.5) is 5.82 Å². The Hall–Kier alpha value is -1.11. The Balaban J connectivity index is 1.80. The summed E-state index contributed by atoms with van der Waals surface area (Å²) < 4.78 is 7.93. The number of imidazole rings is 1. The molecule has 3 heterocycles. The van der Waals surface area contributed by atoms with Crippen LogP contribution >= 0.6 is 11.3 Å². The molecule has 0 aromatic carbocycles. The topological polar surface area (TPSA) is 41.8 Å². The van der Waals surface area contributed by atoms with Crippen molar-refractivity contribution in [1.29, 1.82) is 0 Å². The van der Waals surface area contributed by atoms with E-state index in [2.05, 4.69) is 33.1 Å². The SMILES string of the molecule is CCOC1CCN(c2nc3sccn3c2CNC)CC1. The van der Waals surface area contributed by atoms with Crippen LogP contribution in [0.5, 0.6) is 0 Å². The molecule has 0 bridgehead atoms. The maximum absolute atomic E-state index is 5.73. The van der Waals surface area contributed by atoms with Crippen LogP contribution in [-0.2, 0) is 11.3 Å². The third kappa shape index (κ3) is 2.55. The van der Waals surface area contributed by atoms with E-state index in [9.17, 15) is 0 Å². The number of aromatic nitrogens is 2. The minimum absolute atomic E-state index is 0.424. The molecule has 0 spiro atoms. The highest BCUT2D eigenvalue weighted by Crippen LogP contribution is 2.27. The monoisotopic (exact) mass is 294 g/mol. The standard InChI is InChI=1S/C14H22N4OS/c1-3-19-11-4-6-17(7-5-11)13-12(10-15-2)18-8-9-20-14(18)16-13/h8-9,11,15H,3-7,10H2,1-2H3. The number of nitrogens with zero attached hydrogens (tertiary/aromatic N) is 3. The smallest absolute Gasteiger partial charge is 0.195 e. The fraction of sp³-hybridized carbons (Fsp3) is 0.643. The van der Waals surface area contributed by atoms with Gasteiger partial charge in [-0.1, -0.05) is 0 Å². The molecule has 1 aliphatic rings. The molecule has 20 heavy (non-hydrogen) atoms. The Labute approximate surface area is 123 Å². The second-order valence-corrected chi connectivity index (χ2v) is 5.98. The number of piperidine rings is 1. The molecule has 2 aromatic heterocycles. The minimum Gasteiger partial charge on any atom is -0.378 e. The molecule has 5 nitrogen and oxygen atoms in total. The molecule has 2 aromatic rings. The predicted octanol–water partition coefficient (Wildman–Crippen LogP) is 2.12. The first-order chi connectivity index (χ1) is 9.83. The van der Waals surface area contributed by atoms with Gasteiger partial charge in [0.2, 0.25) is 0 Å². The first-order valence-electron chi connectivity index (χ1n) is 7.29. The van der Waals surface area contributed by atoms with E-state index in [0.29, 0.717) is 6.10 Å². The van der Waals surface area contributed by atoms with Crippen LogP contribution in [0, 0.1) is 0 Å². The number of ether oxygens (including phenoxy) is 1. The number of nitrogens with one attached hydrogen (secondary N) is 1. The summed E-state index contributed by atoms with van der Waals surface area (Å²) in [5, 5.41) is 5.34. The van der Waals surface area contributed by atoms with Crippen molar-refractivity contribution in [3.05, 3.63) is 17.3 Å². The molecule has 3 rings (SSSR count). The van der Waals surface area contributed by atoms with Gasteiger partial charge in [0.1, 0.15) is 0 Å². The summed E-state index contributed by atoms with van der Waals surface area (Å²) in [6.07, 6.45) is 4.72. The van der Waals surface area contributed by atoms with E-state index >= 15 is 0 Å². The first-order valence-corrected chi connectivity index (χ1v) is 8.17. The lowest BCUT2D eigenvalue weighted by atomic mass is 10.1. The van der Waals surface area contributed by atoms with Crippen molar-refractivity contribution < 1.29 is 4.74 Å². The van der Waals surface area contributed by atoms with Gasteiger partial charge < -0.3 is 15.0 Å². The van der Waals surface area contributed by atoms with Gasteiger partial charge in [-0.3, -0.25) is 4.40 Å². The molecule has 0 unspecified atom stereocenters. The molecular formula is C14H22N4OS. The zero-order chi connectivity index (χ0) is 13.9. The van der Waals surface area contributed by atoms with Gasteiger partial charge in [0.25, 0.3) is 0 Å². The van der Waals surface area contributed by atoms with Gasteiger partial charge in [0, 0.05) is 37.8 Å². The van der Waals surface area contributed by atoms with Crippen molar-refractivity contribution in [2.24, 2.45) is 0 Å². The van der Waals surface area contributed by atoms with Crippen LogP contribution in [0.2, 0.25) is 0 Å². The van der Waals surface area contributed by atoms with Crippen molar-refractivity contribution in [1.82, 2.24) is 14.7 Å². The molecule has 110 valence electrons. The predicted molar refractivity (Wildman–Crippen MR) is 82.7 cm³/mol. The third-order valence-electron chi connectivity index (χ3n) is 3.83. The lowest BCUT2D eigenvalue weighted by Gasteiger charge is -2.32. The summed E-state index contributed by atoms with van der Waals surface area (Å²) in [6.45, 7) is 5.80. The van der Waals surface area contributed by atoms with Gasteiger partial charge in [-0.05, 0) is 26.8 Å². The first kappa shape index (κ1) is 13.9. The highest BCUT2D eigenvalue weighted by molar-refractivity contribution is 7.15. The van der Waals surface area contributed by atoms with Crippen molar-refractivity contribution in [3.8, 4) is 0 Å². The second-order valence-electron chi connectivity index (χ2n) is 5.11. The quantitative estimate of drug-likeness (QED) is 0.917. The zero-order valence-corrected chi connectivity index (χ0v) is 12.9. The molecule has 1 saturated heterocycles. The fourth-order valence-electron chi connectivity index (χ4n) is 2.88. The lowest BCUT2D eigenvalue weighted by Crippen LogP contribution is -2.38. The van der Waals surface area contributed by atoms with E-state index in [1.165, 1.54) is 5.69 Å². The second kappa shape index (κ2) is 6.11. The minimum atomic E-state index is 0.424. The number of anilines is 1. The van der Waals surface area contributed by atoms with Gasteiger partial charge in [-0.2, -0.15) is 0 Å². The van der Waals surface area contributed by atoms with E-state index in [4.69, 9.17) is 9.72 Å². The number of fused-ring (bicyclic) bond motifs is 1. The highest BCUT2D eigenvalue weighted by Gasteiger charge is 2.24. The van der Waals surface area contributed by atoms with Crippen molar-refractivity contribution >= 4 is 22.1 Å². The number of rotatable bonds is 5. The van der Waals surface area contributed by atoms with Crippen molar-refractivity contribution in [2.75, 3.05) is 31.6 Å². The average molecular weight is 294 g/mol. The zero-order valence-electron chi connectivity index (χ0n) is 12.1. The summed E-state index contributed by atoms with van der Waals surface area (Å²) in [6, 6.07) is 0. The van der Waals surface area contributed by atoms with E-state index < -0.39 is 0 Å². The van der Waals surface area contributed by atoms with Crippen LogP contribution in [0.1, 0.15) is 25.5 Å². The average Bonchev–Trinajstić information content (AvgIpc) is 3.03. The number of thiazole rings is 1. The van der Waals surface area contributed by atoms with Gasteiger partial charge >= 0.3 is 0 Å². The molecule has 6 heteroatoms. The molecule has 0 saturated carbocycles. The Morgan fingerprint density at radius 3 is 2.95 bits per heavy atom. The maximum Gasteiger partial charge on any atom is 0.195 e. The Morgan fingerprint density at radius 2 is 2.25 bits per heavy atom. The molecule has 0 aliphatic carbocycles. The van der Waals surface area contributed by atoms with Crippen molar-refractivity contribution in [3.63, 3.8) is 0 Å². The van der Waals surface area contributed by atoms with Gasteiger partial charge in [-0.25, -0.2) is 4.98 Å². The number of hydrogen-bond donors (Lipinski definition) is 1. The molecule has 0 atom stereocenters. The maximum atomic E-state index is 5.73. The number of hydrogen-bond acceptors (Lipinski definition) is 5. The van der Waals surface area contributed by atoms with Crippen LogP contribution < -0.4 is 10.2 Å². The highest BCUT2D eigenvalue weighted by atomic mass is 32.1. The molecule has 0 amide bonds. The molecular weight excluding hydrogens is 272 g/mol. The molecule has 1 fully saturated rings. The lowest BCUT2D eigenvalue weighted by molar-refractivity contribution is 0.0458. The van der Waals surface area contributed by atoms with Crippen LogP contribution in [0.25, 0.3) is 4.96 Å². The van der Waals surface area contributed by atoms with E-state index in [1.54, 1.807) is 11.3 Å². The Morgan fingerprint density at radius 1 is 1.45 bits per heavy atom. The van der Waals surface area contributed by atoms with E-state index in [1.807, 2.05) is 7.05 Å². The van der Waals surface area contributed by atoms with Gasteiger partial charge in [0.15, 0.2) is 10.8 Å². The van der Waals surface area contributed by atoms with E-state index in [-0.39, 0.29) is 0 Å². The summed E-state index contributed by atoms with van der Waals surface area (Å²) in [7, 11) is 1.98. The molecule has 1 aliphatic heterocycles. The normalized spacial score (nSPS) is 17.2. The Kier molecular flexibility index (Phi) is 4.24. The largest absolute Gasteiger partial charge is 0.378 e. The van der Waals surface area contributed by atoms with Crippen LogP contribution in [-0.4, -0.2) is 42.2 Å². The Bertz CT molecular complexity index is 557. The van der Waals surface area contributed by atoms with E-state index in [0.717, 1.165) is 49.9 Å². The summed E-state index contributed by atoms with van der Waals surface area (Å²) >= 11 is 1.69. The third-order valence-corrected chi connectivity index (χ3v) is 4.58. The van der Waals surface area contributed by atoms with Crippen molar-refractivity contribution in [2.45, 2.75) is 32.4 Å². The molecule has 1 N–H and O–H groups in total. The summed E-state index contributed by atoms with van der Waals surface area (Å²) in [4.78, 5) is 8.30. The summed E-state index contributed by atoms with van der Waals surface area (Å²) in [5.74, 6) is 1.14. The molecule has 0 radical (unpaired) electrons. The van der Waals surface area contributed by atoms with Gasteiger partial charge in [0.05, 0.1) is 11.8 Å². The summed E-state index contributed by atoms with van der Waals surface area (Å²) in [5.41, 5.74) is 1.26. The van der Waals surface area contributed by atoms with Gasteiger partial charge in [-0.15, -0.1) is 11.3 Å².